The first-order valence-corrected chi connectivity index (χ1v) is 6.68. The quantitative estimate of drug-likeness (QED) is 0.864. The van der Waals surface area contributed by atoms with Crippen molar-refractivity contribution in [3.63, 3.8) is 0 Å². The lowest BCUT2D eigenvalue weighted by Gasteiger charge is -2.12. The zero-order chi connectivity index (χ0) is 13.8. The van der Waals surface area contributed by atoms with Crippen LogP contribution in [0.2, 0.25) is 10.0 Å². The highest BCUT2D eigenvalue weighted by molar-refractivity contribution is 6.33. The Morgan fingerprint density at radius 3 is 2.58 bits per heavy atom. The topological polar surface area (TPSA) is 21.3 Å². The van der Waals surface area contributed by atoms with Gasteiger partial charge in [0.1, 0.15) is 5.75 Å². The summed E-state index contributed by atoms with van der Waals surface area (Å²) in [4.78, 5) is 0. The van der Waals surface area contributed by atoms with Crippen molar-refractivity contribution in [1.29, 1.82) is 0 Å². The maximum absolute atomic E-state index is 6.15. The van der Waals surface area contributed by atoms with Gasteiger partial charge >= 0.3 is 0 Å². The molecule has 2 rings (SSSR count). The van der Waals surface area contributed by atoms with Crippen LogP contribution in [0, 0.1) is 6.92 Å². The molecule has 0 saturated carbocycles. The molecule has 0 bridgehead atoms. The summed E-state index contributed by atoms with van der Waals surface area (Å²) in [6.07, 6.45) is 0. The number of anilines is 1. The van der Waals surface area contributed by atoms with E-state index in [0.29, 0.717) is 11.6 Å². The van der Waals surface area contributed by atoms with Crippen LogP contribution in [0.1, 0.15) is 11.1 Å². The van der Waals surface area contributed by atoms with Crippen molar-refractivity contribution in [2.75, 3.05) is 12.4 Å². The molecule has 2 nitrogen and oxygen atoms in total. The molecule has 0 aliphatic heterocycles. The number of hydrogen-bond acceptors (Lipinski definition) is 2. The molecule has 2 aromatic carbocycles. The van der Waals surface area contributed by atoms with Gasteiger partial charge in [0, 0.05) is 17.6 Å². The Bertz CT molecular complexity index is 584. The van der Waals surface area contributed by atoms with Crippen LogP contribution in [0.3, 0.4) is 0 Å². The zero-order valence-corrected chi connectivity index (χ0v) is 12.3. The Balaban J connectivity index is 2.14. The molecule has 4 heteroatoms. The number of rotatable bonds is 4. The average Bonchev–Trinajstić information content (AvgIpc) is 2.39. The van der Waals surface area contributed by atoms with Crippen molar-refractivity contribution in [1.82, 2.24) is 0 Å². The molecule has 0 unspecified atom stereocenters. The molecule has 0 aliphatic carbocycles. The fourth-order valence-electron chi connectivity index (χ4n) is 1.81. The summed E-state index contributed by atoms with van der Waals surface area (Å²) >= 11 is 12.1. The van der Waals surface area contributed by atoms with Crippen molar-refractivity contribution in [2.45, 2.75) is 13.5 Å². The second-order valence-electron chi connectivity index (χ2n) is 4.27. The van der Waals surface area contributed by atoms with Crippen LogP contribution < -0.4 is 10.1 Å². The highest BCUT2D eigenvalue weighted by Crippen LogP contribution is 2.27. The third-order valence-corrected chi connectivity index (χ3v) is 3.51. The molecule has 0 atom stereocenters. The normalized spacial score (nSPS) is 10.3. The molecule has 0 radical (unpaired) electrons. The van der Waals surface area contributed by atoms with E-state index in [1.54, 1.807) is 7.11 Å². The molecule has 100 valence electrons. The molecule has 0 aromatic heterocycles. The van der Waals surface area contributed by atoms with E-state index in [2.05, 4.69) is 5.32 Å². The van der Waals surface area contributed by atoms with Crippen LogP contribution in [0.5, 0.6) is 5.75 Å². The largest absolute Gasteiger partial charge is 0.497 e. The molecular weight excluding hydrogens is 281 g/mol. The van der Waals surface area contributed by atoms with Gasteiger partial charge in [-0.15, -0.1) is 0 Å². The lowest BCUT2D eigenvalue weighted by Crippen LogP contribution is -2.02. The predicted octanol–water partition coefficient (Wildman–Crippen LogP) is 4.92. The molecule has 0 saturated heterocycles. The lowest BCUT2D eigenvalue weighted by molar-refractivity contribution is 0.415. The Morgan fingerprint density at radius 2 is 1.89 bits per heavy atom. The second kappa shape index (κ2) is 6.18. The minimum absolute atomic E-state index is 0.674. The van der Waals surface area contributed by atoms with E-state index < -0.39 is 0 Å². The molecule has 1 N–H and O–H groups in total. The van der Waals surface area contributed by atoms with Crippen LogP contribution in [0.15, 0.2) is 36.4 Å². The fraction of sp³-hybridized carbons (Fsp3) is 0.200. The standard InChI is InChI=1S/C15H15Cl2NO/c1-10-7-12(16)4-3-11(10)9-18-15-8-13(19-2)5-6-14(15)17/h3-8,18H,9H2,1-2H3. The SMILES string of the molecule is COc1ccc(Cl)c(NCc2ccc(Cl)cc2C)c1. The number of hydrogen-bond donors (Lipinski definition) is 1. The van der Waals surface area contributed by atoms with Gasteiger partial charge < -0.3 is 10.1 Å². The average molecular weight is 296 g/mol. The smallest absolute Gasteiger partial charge is 0.121 e. The predicted molar refractivity (Wildman–Crippen MR) is 81.5 cm³/mol. The Morgan fingerprint density at radius 1 is 1.11 bits per heavy atom. The summed E-state index contributed by atoms with van der Waals surface area (Å²) in [6, 6.07) is 11.4. The Kier molecular flexibility index (Phi) is 4.56. The molecule has 2 aromatic rings. The number of halogens is 2. The molecule has 0 aliphatic rings. The van der Waals surface area contributed by atoms with E-state index in [4.69, 9.17) is 27.9 Å². The van der Waals surface area contributed by atoms with E-state index in [1.165, 1.54) is 5.56 Å². The molecule has 0 fully saturated rings. The van der Waals surface area contributed by atoms with Crippen LogP contribution in [0.4, 0.5) is 5.69 Å². The van der Waals surface area contributed by atoms with E-state index in [0.717, 1.165) is 22.0 Å². The minimum Gasteiger partial charge on any atom is -0.497 e. The Labute approximate surface area is 123 Å². The minimum atomic E-state index is 0.674. The zero-order valence-electron chi connectivity index (χ0n) is 10.8. The van der Waals surface area contributed by atoms with Crippen LogP contribution in [-0.4, -0.2) is 7.11 Å². The number of ether oxygens (including phenoxy) is 1. The van der Waals surface area contributed by atoms with Gasteiger partial charge in [-0.05, 0) is 42.3 Å². The van der Waals surface area contributed by atoms with Gasteiger partial charge in [-0.3, -0.25) is 0 Å². The van der Waals surface area contributed by atoms with E-state index >= 15 is 0 Å². The van der Waals surface area contributed by atoms with Crippen LogP contribution >= 0.6 is 23.2 Å². The van der Waals surface area contributed by atoms with Gasteiger partial charge in [0.05, 0.1) is 17.8 Å². The second-order valence-corrected chi connectivity index (χ2v) is 5.11. The van der Waals surface area contributed by atoms with Gasteiger partial charge in [0.15, 0.2) is 0 Å². The molecule has 0 amide bonds. The van der Waals surface area contributed by atoms with E-state index in [9.17, 15) is 0 Å². The van der Waals surface area contributed by atoms with Gasteiger partial charge in [0.2, 0.25) is 0 Å². The first kappa shape index (κ1) is 14.0. The highest BCUT2D eigenvalue weighted by Gasteiger charge is 2.04. The van der Waals surface area contributed by atoms with Crippen LogP contribution in [-0.2, 0) is 6.54 Å². The van der Waals surface area contributed by atoms with E-state index in [-0.39, 0.29) is 0 Å². The molecular formula is C15H15Cl2NO. The summed E-state index contributed by atoms with van der Waals surface area (Å²) in [5.41, 5.74) is 3.19. The van der Waals surface area contributed by atoms with E-state index in [1.807, 2.05) is 43.3 Å². The van der Waals surface area contributed by atoms with Gasteiger partial charge in [-0.25, -0.2) is 0 Å². The van der Waals surface area contributed by atoms with Crippen LogP contribution in [0.25, 0.3) is 0 Å². The fourth-order valence-corrected chi connectivity index (χ4v) is 2.23. The highest BCUT2D eigenvalue weighted by atomic mass is 35.5. The van der Waals surface area contributed by atoms with Crippen molar-refractivity contribution < 1.29 is 4.74 Å². The maximum atomic E-state index is 6.15. The third-order valence-electron chi connectivity index (χ3n) is 2.95. The molecule has 0 heterocycles. The summed E-state index contributed by atoms with van der Waals surface area (Å²) in [7, 11) is 1.64. The summed E-state index contributed by atoms with van der Waals surface area (Å²) in [5.74, 6) is 0.778. The van der Waals surface area contributed by atoms with Gasteiger partial charge in [-0.2, -0.15) is 0 Å². The van der Waals surface area contributed by atoms with Crippen molar-refractivity contribution in [3.05, 3.63) is 57.6 Å². The maximum Gasteiger partial charge on any atom is 0.121 e. The number of methoxy groups -OCH3 is 1. The van der Waals surface area contributed by atoms with Gasteiger partial charge in [0.25, 0.3) is 0 Å². The summed E-state index contributed by atoms with van der Waals surface area (Å²) in [5, 5.41) is 4.73. The number of aryl methyl sites for hydroxylation is 1. The number of benzene rings is 2. The summed E-state index contributed by atoms with van der Waals surface area (Å²) < 4.78 is 5.19. The van der Waals surface area contributed by atoms with Crippen molar-refractivity contribution >= 4 is 28.9 Å². The first-order chi connectivity index (χ1) is 9.10. The van der Waals surface area contributed by atoms with Crippen molar-refractivity contribution in [3.8, 4) is 5.75 Å². The third kappa shape index (κ3) is 3.55. The first-order valence-electron chi connectivity index (χ1n) is 5.92. The molecule has 19 heavy (non-hydrogen) atoms. The molecule has 0 spiro atoms. The number of nitrogens with one attached hydrogen (secondary N) is 1. The lowest BCUT2D eigenvalue weighted by atomic mass is 10.1. The summed E-state index contributed by atoms with van der Waals surface area (Å²) in [6.45, 7) is 2.73. The van der Waals surface area contributed by atoms with Crippen molar-refractivity contribution in [2.24, 2.45) is 0 Å². The monoisotopic (exact) mass is 295 g/mol. The Hall–Kier alpha value is -1.38. The van der Waals surface area contributed by atoms with Gasteiger partial charge in [-0.1, -0.05) is 29.3 Å².